The van der Waals surface area contributed by atoms with Gasteiger partial charge in [-0.3, -0.25) is 4.79 Å². The first-order valence-electron chi connectivity index (χ1n) is 7.30. The van der Waals surface area contributed by atoms with Gasteiger partial charge in [0, 0.05) is 17.5 Å². The van der Waals surface area contributed by atoms with Crippen LogP contribution in [0, 0.1) is 6.92 Å². The van der Waals surface area contributed by atoms with Gasteiger partial charge in [-0.05, 0) is 36.9 Å². The number of aryl methyl sites for hydroxylation is 1. The summed E-state index contributed by atoms with van der Waals surface area (Å²) in [6.45, 7) is 3.97. The van der Waals surface area contributed by atoms with Crippen molar-refractivity contribution in [3.8, 4) is 0 Å². The van der Waals surface area contributed by atoms with Gasteiger partial charge in [0.25, 0.3) is 5.91 Å². The minimum absolute atomic E-state index is 0.316. The average molecular weight is 329 g/mol. The second-order valence-electron chi connectivity index (χ2n) is 5.13. The second kappa shape index (κ2) is 8.29. The maximum absolute atomic E-state index is 11.9. The minimum atomic E-state index is -0.832. The molecular weight excluding hydrogens is 310 g/mol. The quantitative estimate of drug-likeness (QED) is 0.653. The van der Waals surface area contributed by atoms with E-state index >= 15 is 0 Å². The third-order valence-electron chi connectivity index (χ3n) is 3.18. The van der Waals surface area contributed by atoms with E-state index in [2.05, 4.69) is 5.32 Å². The molecule has 1 heterocycles. The zero-order valence-electron chi connectivity index (χ0n) is 13.1. The van der Waals surface area contributed by atoms with Gasteiger partial charge in [0.15, 0.2) is 6.10 Å². The van der Waals surface area contributed by atoms with Crippen LogP contribution in [0.5, 0.6) is 0 Å². The lowest BCUT2D eigenvalue weighted by molar-refractivity contribution is -0.150. The van der Waals surface area contributed by atoms with E-state index in [-0.39, 0.29) is 5.91 Å². The SMILES string of the molecule is Cc1ccc(CNC(=O)[C@@H](C)OC(=O)/C=C/c2cccs2)cc1. The third kappa shape index (κ3) is 5.71. The van der Waals surface area contributed by atoms with E-state index in [1.807, 2.05) is 48.7 Å². The van der Waals surface area contributed by atoms with Crippen molar-refractivity contribution in [1.82, 2.24) is 5.32 Å². The van der Waals surface area contributed by atoms with Crippen LogP contribution in [0.3, 0.4) is 0 Å². The summed E-state index contributed by atoms with van der Waals surface area (Å²) in [6.07, 6.45) is 2.17. The van der Waals surface area contributed by atoms with Gasteiger partial charge in [-0.15, -0.1) is 11.3 Å². The van der Waals surface area contributed by atoms with E-state index in [9.17, 15) is 9.59 Å². The molecule has 1 atom stereocenters. The number of ether oxygens (including phenoxy) is 1. The highest BCUT2D eigenvalue weighted by Crippen LogP contribution is 2.10. The normalized spacial score (nSPS) is 12.1. The molecule has 4 nitrogen and oxygen atoms in total. The molecule has 0 fully saturated rings. The summed E-state index contributed by atoms with van der Waals surface area (Å²) in [5.74, 6) is -0.847. The first-order valence-corrected chi connectivity index (χ1v) is 8.18. The molecule has 1 aromatic carbocycles. The summed E-state index contributed by atoms with van der Waals surface area (Å²) < 4.78 is 5.08. The summed E-state index contributed by atoms with van der Waals surface area (Å²) in [5.41, 5.74) is 2.17. The van der Waals surface area contributed by atoms with Crippen molar-refractivity contribution in [2.75, 3.05) is 0 Å². The zero-order valence-corrected chi connectivity index (χ0v) is 13.9. The minimum Gasteiger partial charge on any atom is -0.449 e. The van der Waals surface area contributed by atoms with E-state index in [4.69, 9.17) is 4.74 Å². The number of thiophene rings is 1. The summed E-state index contributed by atoms with van der Waals surface area (Å²) >= 11 is 1.52. The van der Waals surface area contributed by atoms with Crippen LogP contribution >= 0.6 is 11.3 Å². The number of carbonyl (C=O) groups excluding carboxylic acids is 2. The van der Waals surface area contributed by atoms with Gasteiger partial charge in [0.05, 0.1) is 0 Å². The molecule has 1 aromatic heterocycles. The molecule has 0 radical (unpaired) electrons. The first-order chi connectivity index (χ1) is 11.0. The Labute approximate surface area is 139 Å². The smallest absolute Gasteiger partial charge is 0.331 e. The van der Waals surface area contributed by atoms with Gasteiger partial charge in [-0.1, -0.05) is 35.9 Å². The summed E-state index contributed by atoms with van der Waals surface area (Å²) in [5, 5.41) is 4.68. The number of rotatable bonds is 6. The van der Waals surface area contributed by atoms with E-state index in [1.54, 1.807) is 13.0 Å². The third-order valence-corrected chi connectivity index (χ3v) is 4.01. The molecule has 2 aromatic rings. The molecule has 0 bridgehead atoms. The predicted octanol–water partition coefficient (Wildman–Crippen LogP) is 3.32. The fourth-order valence-electron chi connectivity index (χ4n) is 1.84. The summed E-state index contributed by atoms with van der Waals surface area (Å²) in [7, 11) is 0. The maximum atomic E-state index is 11.9. The van der Waals surface area contributed by atoms with E-state index < -0.39 is 12.1 Å². The van der Waals surface area contributed by atoms with E-state index in [0.29, 0.717) is 6.54 Å². The van der Waals surface area contributed by atoms with Crippen LogP contribution in [0.2, 0.25) is 0 Å². The molecule has 0 unspecified atom stereocenters. The molecule has 0 aliphatic carbocycles. The molecule has 0 aliphatic heterocycles. The number of amides is 1. The highest BCUT2D eigenvalue weighted by atomic mass is 32.1. The second-order valence-corrected chi connectivity index (χ2v) is 6.11. The number of nitrogens with one attached hydrogen (secondary N) is 1. The Hall–Kier alpha value is -2.40. The highest BCUT2D eigenvalue weighted by Gasteiger charge is 2.16. The van der Waals surface area contributed by atoms with E-state index in [0.717, 1.165) is 10.4 Å². The Morgan fingerprint density at radius 1 is 1.26 bits per heavy atom. The van der Waals surface area contributed by atoms with Crippen molar-refractivity contribution >= 4 is 29.3 Å². The van der Waals surface area contributed by atoms with Crippen LogP contribution in [0.25, 0.3) is 6.08 Å². The highest BCUT2D eigenvalue weighted by molar-refractivity contribution is 7.10. The zero-order chi connectivity index (χ0) is 16.7. The standard InChI is InChI=1S/C18H19NO3S/c1-13-5-7-15(8-6-13)12-19-18(21)14(2)22-17(20)10-9-16-4-3-11-23-16/h3-11,14H,12H2,1-2H3,(H,19,21)/b10-9+/t14-/m1/s1. The van der Waals surface area contributed by atoms with Crippen LogP contribution in [-0.2, 0) is 20.9 Å². The van der Waals surface area contributed by atoms with Crippen molar-refractivity contribution in [2.45, 2.75) is 26.5 Å². The molecule has 0 spiro atoms. The molecule has 0 aliphatic rings. The number of hydrogen-bond acceptors (Lipinski definition) is 4. The first kappa shape index (κ1) is 17.0. The lowest BCUT2D eigenvalue weighted by Gasteiger charge is -2.12. The topological polar surface area (TPSA) is 55.4 Å². The number of hydrogen-bond donors (Lipinski definition) is 1. The van der Waals surface area contributed by atoms with Crippen molar-refractivity contribution < 1.29 is 14.3 Å². The van der Waals surface area contributed by atoms with Crippen molar-refractivity contribution in [2.24, 2.45) is 0 Å². The van der Waals surface area contributed by atoms with Gasteiger partial charge in [0.1, 0.15) is 0 Å². The van der Waals surface area contributed by atoms with Crippen LogP contribution in [0.4, 0.5) is 0 Å². The Morgan fingerprint density at radius 2 is 2.00 bits per heavy atom. The number of benzene rings is 1. The Bertz CT molecular complexity index is 675. The van der Waals surface area contributed by atoms with Gasteiger partial charge < -0.3 is 10.1 Å². The van der Waals surface area contributed by atoms with Crippen LogP contribution in [-0.4, -0.2) is 18.0 Å². The molecule has 5 heteroatoms. The van der Waals surface area contributed by atoms with Gasteiger partial charge in [-0.2, -0.15) is 0 Å². The maximum Gasteiger partial charge on any atom is 0.331 e. The lowest BCUT2D eigenvalue weighted by Crippen LogP contribution is -2.35. The molecule has 1 N–H and O–H groups in total. The monoisotopic (exact) mass is 329 g/mol. The lowest BCUT2D eigenvalue weighted by atomic mass is 10.1. The molecule has 23 heavy (non-hydrogen) atoms. The molecule has 1 amide bonds. The van der Waals surface area contributed by atoms with Gasteiger partial charge in [-0.25, -0.2) is 4.79 Å². The molecule has 0 saturated heterocycles. The van der Waals surface area contributed by atoms with E-state index in [1.165, 1.54) is 23.0 Å². The predicted molar refractivity (Wildman–Crippen MR) is 91.9 cm³/mol. The van der Waals surface area contributed by atoms with Crippen LogP contribution in [0.1, 0.15) is 22.9 Å². The molecule has 120 valence electrons. The Kier molecular flexibility index (Phi) is 6.11. The Balaban J connectivity index is 1.77. The van der Waals surface area contributed by atoms with Gasteiger partial charge >= 0.3 is 5.97 Å². The van der Waals surface area contributed by atoms with Gasteiger partial charge in [0.2, 0.25) is 0 Å². The van der Waals surface area contributed by atoms with Crippen LogP contribution < -0.4 is 5.32 Å². The molecule has 0 saturated carbocycles. The van der Waals surface area contributed by atoms with Crippen molar-refractivity contribution in [1.29, 1.82) is 0 Å². The molecule has 2 rings (SSSR count). The Morgan fingerprint density at radius 3 is 2.65 bits per heavy atom. The van der Waals surface area contributed by atoms with Crippen molar-refractivity contribution in [3.63, 3.8) is 0 Å². The van der Waals surface area contributed by atoms with Crippen LogP contribution in [0.15, 0.2) is 47.9 Å². The fourth-order valence-corrected chi connectivity index (χ4v) is 2.46. The average Bonchev–Trinajstić information content (AvgIpc) is 3.05. The fraction of sp³-hybridized carbons (Fsp3) is 0.222. The summed E-state index contributed by atoms with van der Waals surface area (Å²) in [4.78, 5) is 24.6. The summed E-state index contributed by atoms with van der Waals surface area (Å²) in [6, 6.07) is 11.7. The molecular formula is C18H19NO3S. The largest absolute Gasteiger partial charge is 0.449 e. The number of carbonyl (C=O) groups is 2. The number of esters is 1. The van der Waals surface area contributed by atoms with Crippen molar-refractivity contribution in [3.05, 3.63) is 63.9 Å².